The van der Waals surface area contributed by atoms with Crippen molar-refractivity contribution in [3.05, 3.63) is 18.2 Å². The van der Waals surface area contributed by atoms with E-state index in [1.807, 2.05) is 6.92 Å². The number of anilines is 2. The van der Waals surface area contributed by atoms with Crippen LogP contribution in [0.1, 0.15) is 33.1 Å². The minimum Gasteiger partial charge on any atom is -0.479 e. The molecule has 1 aromatic rings. The van der Waals surface area contributed by atoms with E-state index in [0.29, 0.717) is 17.9 Å². The van der Waals surface area contributed by atoms with E-state index in [4.69, 9.17) is 4.74 Å². The molecule has 0 spiro atoms. The molecule has 2 rings (SSSR count). The number of likely N-dealkylation sites (N-methyl/N-ethyl adjacent to an activating group) is 1. The van der Waals surface area contributed by atoms with Crippen molar-refractivity contribution in [3.63, 3.8) is 0 Å². The van der Waals surface area contributed by atoms with Crippen LogP contribution in [0.3, 0.4) is 0 Å². The lowest BCUT2D eigenvalue weighted by molar-refractivity contribution is -0.125. The third-order valence-electron chi connectivity index (χ3n) is 3.34. The molecule has 0 radical (unpaired) electrons. The van der Waals surface area contributed by atoms with Crippen LogP contribution in [0, 0.1) is 0 Å². The molecule has 0 saturated heterocycles. The van der Waals surface area contributed by atoms with Gasteiger partial charge in [0.2, 0.25) is 5.91 Å². The van der Waals surface area contributed by atoms with Gasteiger partial charge in [0.05, 0.1) is 5.69 Å². The van der Waals surface area contributed by atoms with Gasteiger partial charge in [0.1, 0.15) is 5.75 Å². The van der Waals surface area contributed by atoms with Crippen LogP contribution in [0.15, 0.2) is 18.2 Å². The minimum atomic E-state index is -0.501. The van der Waals surface area contributed by atoms with Crippen LogP contribution in [-0.4, -0.2) is 25.0 Å². The highest BCUT2D eigenvalue weighted by Gasteiger charge is 2.28. The lowest BCUT2D eigenvalue weighted by Crippen LogP contribution is -2.41. The van der Waals surface area contributed by atoms with Gasteiger partial charge in [-0.15, -0.1) is 0 Å². The van der Waals surface area contributed by atoms with Crippen molar-refractivity contribution in [2.24, 2.45) is 0 Å². The maximum absolute atomic E-state index is 11.8. The molecule has 0 bridgehead atoms. The van der Waals surface area contributed by atoms with Crippen molar-refractivity contribution in [1.29, 1.82) is 0 Å². The topological polar surface area (TPSA) is 58.6 Å². The maximum Gasteiger partial charge on any atom is 0.267 e. The molecule has 1 aromatic carbocycles. The Hall–Kier alpha value is -2.04. The molecular weight excluding hydrogens is 256 g/mol. The van der Waals surface area contributed by atoms with Crippen LogP contribution in [0.5, 0.6) is 5.75 Å². The second-order valence-corrected chi connectivity index (χ2v) is 4.99. The maximum atomic E-state index is 11.8. The van der Waals surface area contributed by atoms with E-state index in [1.54, 1.807) is 37.1 Å². The van der Waals surface area contributed by atoms with Crippen molar-refractivity contribution < 1.29 is 14.3 Å². The fourth-order valence-electron chi connectivity index (χ4n) is 2.16. The highest BCUT2D eigenvalue weighted by atomic mass is 16.5. The number of carbonyl (C=O) groups is 2. The molecule has 1 aliphatic rings. The van der Waals surface area contributed by atoms with Gasteiger partial charge in [-0.25, -0.2) is 0 Å². The Bertz CT molecular complexity index is 528. The van der Waals surface area contributed by atoms with E-state index < -0.39 is 6.10 Å². The van der Waals surface area contributed by atoms with E-state index in [-0.39, 0.29) is 11.8 Å². The Morgan fingerprint density at radius 1 is 1.45 bits per heavy atom. The predicted molar refractivity (Wildman–Crippen MR) is 78.1 cm³/mol. The van der Waals surface area contributed by atoms with E-state index in [1.165, 1.54) is 0 Å². The van der Waals surface area contributed by atoms with Gasteiger partial charge in [-0.1, -0.05) is 13.3 Å². The molecule has 0 aliphatic carbocycles. The Morgan fingerprint density at radius 2 is 2.20 bits per heavy atom. The molecule has 1 unspecified atom stereocenters. The van der Waals surface area contributed by atoms with Crippen LogP contribution < -0.4 is 15.0 Å². The summed E-state index contributed by atoms with van der Waals surface area (Å²) in [6, 6.07) is 5.33. The van der Waals surface area contributed by atoms with Crippen LogP contribution in [0.4, 0.5) is 11.4 Å². The normalized spacial score (nSPS) is 17.4. The third kappa shape index (κ3) is 2.92. The van der Waals surface area contributed by atoms with Gasteiger partial charge in [0.25, 0.3) is 5.91 Å². The van der Waals surface area contributed by atoms with Crippen molar-refractivity contribution >= 4 is 23.2 Å². The number of nitrogens with one attached hydrogen (secondary N) is 1. The first-order valence-corrected chi connectivity index (χ1v) is 6.91. The minimum absolute atomic E-state index is 0.0000823. The smallest absolute Gasteiger partial charge is 0.267 e. The highest BCUT2D eigenvalue weighted by Crippen LogP contribution is 2.35. The number of hydrogen-bond acceptors (Lipinski definition) is 3. The molecule has 0 saturated carbocycles. The molecule has 2 amide bonds. The third-order valence-corrected chi connectivity index (χ3v) is 3.34. The summed E-state index contributed by atoms with van der Waals surface area (Å²) in [6.45, 7) is 3.77. The zero-order valence-corrected chi connectivity index (χ0v) is 12.1. The van der Waals surface area contributed by atoms with Crippen molar-refractivity contribution in [1.82, 2.24) is 0 Å². The van der Waals surface area contributed by atoms with Gasteiger partial charge in [-0.05, 0) is 25.5 Å². The monoisotopic (exact) mass is 276 g/mol. The van der Waals surface area contributed by atoms with E-state index >= 15 is 0 Å². The zero-order valence-electron chi connectivity index (χ0n) is 12.1. The second-order valence-electron chi connectivity index (χ2n) is 4.99. The number of carbonyl (C=O) groups excluding carboxylic acids is 2. The number of rotatable bonds is 4. The Morgan fingerprint density at radius 3 is 2.90 bits per heavy atom. The molecule has 1 heterocycles. The van der Waals surface area contributed by atoms with Gasteiger partial charge >= 0.3 is 0 Å². The van der Waals surface area contributed by atoms with Gasteiger partial charge < -0.3 is 15.0 Å². The summed E-state index contributed by atoms with van der Waals surface area (Å²) >= 11 is 0. The van der Waals surface area contributed by atoms with E-state index in [0.717, 1.165) is 18.5 Å². The number of ether oxygens (including phenoxy) is 1. The fourth-order valence-corrected chi connectivity index (χ4v) is 2.16. The number of unbranched alkanes of at least 4 members (excludes halogenated alkanes) is 1. The SMILES string of the molecule is CCCCC(=O)Nc1ccc2c(c1)OC(C)C(=O)N2C. The molecule has 1 N–H and O–H groups in total. The number of nitrogens with zero attached hydrogens (tertiary/aromatic N) is 1. The average Bonchev–Trinajstić information content (AvgIpc) is 2.42. The van der Waals surface area contributed by atoms with Crippen molar-refractivity contribution in [2.45, 2.75) is 39.2 Å². The van der Waals surface area contributed by atoms with E-state index in [9.17, 15) is 9.59 Å². The molecule has 20 heavy (non-hydrogen) atoms. The second kappa shape index (κ2) is 5.94. The van der Waals surface area contributed by atoms with Gasteiger partial charge in [0.15, 0.2) is 6.10 Å². The molecule has 0 aromatic heterocycles. The molecule has 0 fully saturated rings. The summed E-state index contributed by atoms with van der Waals surface area (Å²) in [7, 11) is 1.72. The van der Waals surface area contributed by atoms with Gasteiger partial charge in [-0.3, -0.25) is 9.59 Å². The molecule has 5 nitrogen and oxygen atoms in total. The quantitative estimate of drug-likeness (QED) is 0.919. The highest BCUT2D eigenvalue weighted by molar-refractivity contribution is 6.00. The van der Waals surface area contributed by atoms with Crippen LogP contribution >= 0.6 is 0 Å². The number of hydrogen-bond donors (Lipinski definition) is 1. The summed E-state index contributed by atoms with van der Waals surface area (Å²) < 4.78 is 5.58. The standard InChI is InChI=1S/C15H20N2O3/c1-4-5-6-14(18)16-11-7-8-12-13(9-11)20-10(2)15(19)17(12)3/h7-10H,4-6H2,1-3H3,(H,16,18). The fraction of sp³-hybridized carbons (Fsp3) is 0.467. The van der Waals surface area contributed by atoms with Crippen molar-refractivity contribution in [3.8, 4) is 5.75 Å². The molecule has 5 heteroatoms. The summed E-state index contributed by atoms with van der Waals surface area (Å²) in [4.78, 5) is 25.1. The van der Waals surface area contributed by atoms with Crippen LogP contribution in [0.25, 0.3) is 0 Å². The zero-order chi connectivity index (χ0) is 14.7. The number of fused-ring (bicyclic) bond motifs is 1. The largest absolute Gasteiger partial charge is 0.479 e. The number of benzene rings is 1. The summed E-state index contributed by atoms with van der Waals surface area (Å²) in [6.07, 6.45) is 1.88. The molecule has 1 aliphatic heterocycles. The molecular formula is C15H20N2O3. The predicted octanol–water partition coefficient (Wildman–Crippen LogP) is 2.56. The van der Waals surface area contributed by atoms with Crippen LogP contribution in [-0.2, 0) is 9.59 Å². The molecule has 1 atom stereocenters. The lowest BCUT2D eigenvalue weighted by atomic mass is 10.1. The summed E-state index contributed by atoms with van der Waals surface area (Å²) in [5, 5.41) is 2.85. The summed E-state index contributed by atoms with van der Waals surface area (Å²) in [5.41, 5.74) is 1.42. The lowest BCUT2D eigenvalue weighted by Gasteiger charge is -2.30. The average molecular weight is 276 g/mol. The first-order chi connectivity index (χ1) is 9.52. The van der Waals surface area contributed by atoms with Crippen molar-refractivity contribution in [2.75, 3.05) is 17.3 Å². The van der Waals surface area contributed by atoms with Gasteiger partial charge in [-0.2, -0.15) is 0 Å². The molecule has 108 valence electrons. The first kappa shape index (κ1) is 14.4. The summed E-state index contributed by atoms with van der Waals surface area (Å²) in [5.74, 6) is 0.546. The Balaban J connectivity index is 2.14. The van der Waals surface area contributed by atoms with Crippen LogP contribution in [0.2, 0.25) is 0 Å². The Labute approximate surface area is 118 Å². The Kier molecular flexibility index (Phi) is 4.27. The van der Waals surface area contributed by atoms with E-state index in [2.05, 4.69) is 5.32 Å². The first-order valence-electron chi connectivity index (χ1n) is 6.91. The van der Waals surface area contributed by atoms with Gasteiger partial charge in [0, 0.05) is 25.2 Å². The number of amides is 2.